The predicted octanol–water partition coefficient (Wildman–Crippen LogP) is 3.20. The summed E-state index contributed by atoms with van der Waals surface area (Å²) in [6.45, 7) is 3.73. The highest BCUT2D eigenvalue weighted by Gasteiger charge is 2.10. The molecule has 2 heteroatoms. The molecule has 0 aliphatic rings. The molecule has 2 nitrogen and oxygen atoms in total. The highest BCUT2D eigenvalue weighted by atomic mass is 16.3. The third kappa shape index (κ3) is 4.48. The number of hydrogen-bond acceptors (Lipinski definition) is 2. The van der Waals surface area contributed by atoms with Crippen LogP contribution in [-0.4, -0.2) is 30.1 Å². The zero-order valence-electron chi connectivity index (χ0n) is 12.3. The Labute approximate surface area is 121 Å². The van der Waals surface area contributed by atoms with Gasteiger partial charge in [-0.1, -0.05) is 60.2 Å². The van der Waals surface area contributed by atoms with Gasteiger partial charge in [0.05, 0.1) is 6.10 Å². The van der Waals surface area contributed by atoms with Crippen LogP contribution >= 0.6 is 0 Å². The average molecular weight is 269 g/mol. The molecule has 20 heavy (non-hydrogen) atoms. The summed E-state index contributed by atoms with van der Waals surface area (Å²) in [4.78, 5) is 2.18. The van der Waals surface area contributed by atoms with E-state index in [0.29, 0.717) is 6.54 Å². The largest absolute Gasteiger partial charge is 0.387 e. The van der Waals surface area contributed by atoms with Crippen LogP contribution in [-0.2, 0) is 6.42 Å². The number of aryl methyl sites for hydroxylation is 1. The lowest BCUT2D eigenvalue weighted by Crippen LogP contribution is -2.26. The maximum absolute atomic E-state index is 10.2. The lowest BCUT2D eigenvalue weighted by Gasteiger charge is -2.20. The highest BCUT2D eigenvalue weighted by Crippen LogP contribution is 2.13. The molecular formula is C18H23NO. The Morgan fingerprint density at radius 3 is 2.50 bits per heavy atom. The molecule has 0 aliphatic heterocycles. The van der Waals surface area contributed by atoms with E-state index in [9.17, 15) is 5.11 Å². The molecule has 0 saturated heterocycles. The maximum Gasteiger partial charge on any atom is 0.0916 e. The molecule has 0 spiro atoms. The van der Waals surface area contributed by atoms with Crippen LogP contribution in [0.3, 0.4) is 0 Å². The van der Waals surface area contributed by atoms with Crippen molar-refractivity contribution in [3.05, 3.63) is 71.3 Å². The first-order valence-corrected chi connectivity index (χ1v) is 7.12. The molecule has 0 bridgehead atoms. The molecule has 0 fully saturated rings. The molecule has 0 heterocycles. The summed E-state index contributed by atoms with van der Waals surface area (Å²) in [7, 11) is 2.06. The van der Waals surface area contributed by atoms with Crippen LogP contribution in [0.2, 0.25) is 0 Å². The van der Waals surface area contributed by atoms with Crippen LogP contribution in [0.1, 0.15) is 22.8 Å². The Kier molecular flexibility index (Phi) is 5.33. The number of likely N-dealkylation sites (N-methyl/N-ethyl adjacent to an activating group) is 1. The van der Waals surface area contributed by atoms with Crippen molar-refractivity contribution in [1.82, 2.24) is 4.90 Å². The maximum atomic E-state index is 10.2. The molecule has 0 aliphatic carbocycles. The van der Waals surface area contributed by atoms with Gasteiger partial charge in [-0.05, 0) is 31.5 Å². The third-order valence-corrected chi connectivity index (χ3v) is 3.53. The van der Waals surface area contributed by atoms with Crippen molar-refractivity contribution in [2.75, 3.05) is 20.1 Å². The molecule has 1 N–H and O–H groups in total. The lowest BCUT2D eigenvalue weighted by atomic mass is 10.1. The van der Waals surface area contributed by atoms with Crippen LogP contribution in [0.25, 0.3) is 0 Å². The van der Waals surface area contributed by atoms with Gasteiger partial charge in [0.1, 0.15) is 0 Å². The first-order valence-electron chi connectivity index (χ1n) is 7.12. The Morgan fingerprint density at radius 1 is 1.05 bits per heavy atom. The Hall–Kier alpha value is -1.64. The summed E-state index contributed by atoms with van der Waals surface area (Å²) in [5.41, 5.74) is 3.63. The number of nitrogens with zero attached hydrogens (tertiary/aromatic N) is 1. The Bertz CT molecular complexity index is 524. The highest BCUT2D eigenvalue weighted by molar-refractivity contribution is 5.22. The molecule has 2 rings (SSSR count). The fourth-order valence-electron chi connectivity index (χ4n) is 2.35. The fourth-order valence-corrected chi connectivity index (χ4v) is 2.35. The van der Waals surface area contributed by atoms with E-state index in [1.165, 1.54) is 11.1 Å². The minimum Gasteiger partial charge on any atom is -0.387 e. The average Bonchev–Trinajstić information content (AvgIpc) is 2.46. The second-order valence-electron chi connectivity index (χ2n) is 5.43. The third-order valence-electron chi connectivity index (χ3n) is 3.53. The van der Waals surface area contributed by atoms with Crippen LogP contribution in [0.5, 0.6) is 0 Å². The van der Waals surface area contributed by atoms with Crippen molar-refractivity contribution in [3.8, 4) is 0 Å². The number of aliphatic hydroxyl groups is 1. The van der Waals surface area contributed by atoms with Crippen LogP contribution in [0, 0.1) is 6.92 Å². The first kappa shape index (κ1) is 14.8. The second kappa shape index (κ2) is 7.22. The van der Waals surface area contributed by atoms with Gasteiger partial charge in [-0.2, -0.15) is 0 Å². The van der Waals surface area contributed by atoms with Crippen molar-refractivity contribution in [3.63, 3.8) is 0 Å². The normalized spacial score (nSPS) is 12.6. The van der Waals surface area contributed by atoms with Crippen LogP contribution in [0.4, 0.5) is 0 Å². The van der Waals surface area contributed by atoms with Gasteiger partial charge < -0.3 is 10.0 Å². The SMILES string of the molecule is Cc1cccc(CCN(C)CC(O)c2ccccc2)c1. The van der Waals surface area contributed by atoms with E-state index >= 15 is 0 Å². The molecular weight excluding hydrogens is 246 g/mol. The van der Waals surface area contributed by atoms with Crippen LogP contribution < -0.4 is 0 Å². The summed E-state index contributed by atoms with van der Waals surface area (Å²) in [5.74, 6) is 0. The van der Waals surface area contributed by atoms with Crippen molar-refractivity contribution >= 4 is 0 Å². The number of benzene rings is 2. The minimum atomic E-state index is -0.418. The van der Waals surface area contributed by atoms with E-state index < -0.39 is 6.10 Å². The predicted molar refractivity (Wildman–Crippen MR) is 83.8 cm³/mol. The summed E-state index contributed by atoms with van der Waals surface area (Å²) >= 11 is 0. The van der Waals surface area contributed by atoms with Gasteiger partial charge in [0.25, 0.3) is 0 Å². The van der Waals surface area contributed by atoms with E-state index in [2.05, 4.69) is 43.1 Å². The van der Waals surface area contributed by atoms with Gasteiger partial charge in [-0.25, -0.2) is 0 Å². The Morgan fingerprint density at radius 2 is 1.80 bits per heavy atom. The minimum absolute atomic E-state index is 0.418. The van der Waals surface area contributed by atoms with E-state index in [1.54, 1.807) is 0 Å². The molecule has 0 saturated carbocycles. The van der Waals surface area contributed by atoms with Crippen molar-refractivity contribution in [2.24, 2.45) is 0 Å². The summed E-state index contributed by atoms with van der Waals surface area (Å²) in [6, 6.07) is 18.4. The molecule has 0 aromatic heterocycles. The lowest BCUT2D eigenvalue weighted by molar-refractivity contribution is 0.127. The van der Waals surface area contributed by atoms with Gasteiger partial charge in [-0.15, -0.1) is 0 Å². The zero-order chi connectivity index (χ0) is 14.4. The first-order chi connectivity index (χ1) is 9.65. The monoisotopic (exact) mass is 269 g/mol. The van der Waals surface area contributed by atoms with Gasteiger partial charge in [0, 0.05) is 13.1 Å². The summed E-state index contributed by atoms with van der Waals surface area (Å²) in [5, 5.41) is 10.2. The van der Waals surface area contributed by atoms with E-state index in [4.69, 9.17) is 0 Å². The van der Waals surface area contributed by atoms with E-state index in [-0.39, 0.29) is 0 Å². The standard InChI is InChI=1S/C18H23NO/c1-15-7-6-8-16(13-15)11-12-19(2)14-18(20)17-9-4-3-5-10-17/h3-10,13,18,20H,11-12,14H2,1-2H3. The molecule has 0 radical (unpaired) electrons. The molecule has 1 atom stereocenters. The van der Waals surface area contributed by atoms with Crippen LogP contribution in [0.15, 0.2) is 54.6 Å². The molecule has 2 aromatic carbocycles. The van der Waals surface area contributed by atoms with Crippen molar-refractivity contribution in [1.29, 1.82) is 0 Å². The summed E-state index contributed by atoms with van der Waals surface area (Å²) < 4.78 is 0. The molecule has 2 aromatic rings. The zero-order valence-corrected chi connectivity index (χ0v) is 12.3. The van der Waals surface area contributed by atoms with Gasteiger partial charge in [0.2, 0.25) is 0 Å². The fraction of sp³-hybridized carbons (Fsp3) is 0.333. The summed E-state index contributed by atoms with van der Waals surface area (Å²) in [6.07, 6.45) is 0.596. The van der Waals surface area contributed by atoms with Crippen molar-refractivity contribution in [2.45, 2.75) is 19.4 Å². The molecule has 0 amide bonds. The number of rotatable bonds is 6. The number of aliphatic hydroxyl groups excluding tert-OH is 1. The Balaban J connectivity index is 1.82. The molecule has 1 unspecified atom stereocenters. The van der Waals surface area contributed by atoms with Crippen molar-refractivity contribution < 1.29 is 5.11 Å². The van der Waals surface area contributed by atoms with E-state index in [1.807, 2.05) is 30.3 Å². The number of hydrogen-bond donors (Lipinski definition) is 1. The topological polar surface area (TPSA) is 23.5 Å². The quantitative estimate of drug-likeness (QED) is 0.870. The molecule has 106 valence electrons. The van der Waals surface area contributed by atoms with Gasteiger partial charge >= 0.3 is 0 Å². The van der Waals surface area contributed by atoms with Gasteiger partial charge in [0.15, 0.2) is 0 Å². The van der Waals surface area contributed by atoms with Gasteiger partial charge in [-0.3, -0.25) is 0 Å². The van der Waals surface area contributed by atoms with E-state index in [0.717, 1.165) is 18.5 Å². The second-order valence-corrected chi connectivity index (χ2v) is 5.43. The smallest absolute Gasteiger partial charge is 0.0916 e.